The van der Waals surface area contributed by atoms with Crippen LogP contribution in [0.4, 0.5) is 22.7 Å². The van der Waals surface area contributed by atoms with Crippen molar-refractivity contribution in [2.24, 2.45) is 9.98 Å². The number of aliphatic imine (C=N–C) groups is 2. The van der Waals surface area contributed by atoms with Gasteiger partial charge >= 0.3 is 0 Å². The molecular formula is C20H18N4. The van der Waals surface area contributed by atoms with Crippen molar-refractivity contribution in [1.82, 2.24) is 0 Å². The quantitative estimate of drug-likeness (QED) is 0.554. The molecule has 0 saturated carbocycles. The van der Waals surface area contributed by atoms with Crippen molar-refractivity contribution < 1.29 is 0 Å². The molecule has 0 radical (unpaired) electrons. The van der Waals surface area contributed by atoms with Crippen LogP contribution in [0.1, 0.15) is 11.1 Å². The average molecular weight is 314 g/mol. The molecule has 0 saturated heterocycles. The number of benzene rings is 3. The van der Waals surface area contributed by atoms with E-state index in [9.17, 15) is 0 Å². The van der Waals surface area contributed by atoms with Crippen LogP contribution in [0.5, 0.6) is 0 Å². The molecular weight excluding hydrogens is 296 g/mol. The van der Waals surface area contributed by atoms with Gasteiger partial charge in [-0.15, -0.1) is 0 Å². The monoisotopic (exact) mass is 314 g/mol. The summed E-state index contributed by atoms with van der Waals surface area (Å²) in [6, 6.07) is 23.0. The highest BCUT2D eigenvalue weighted by molar-refractivity contribution is 5.87. The number of nitrogens with two attached hydrogens (primary N) is 2. The van der Waals surface area contributed by atoms with E-state index in [1.165, 1.54) is 0 Å². The molecule has 4 nitrogen and oxygen atoms in total. The molecule has 0 aromatic heterocycles. The van der Waals surface area contributed by atoms with Crippen LogP contribution in [0, 0.1) is 0 Å². The van der Waals surface area contributed by atoms with Gasteiger partial charge < -0.3 is 11.5 Å². The van der Waals surface area contributed by atoms with Gasteiger partial charge in [0.2, 0.25) is 0 Å². The fourth-order valence-electron chi connectivity index (χ4n) is 2.17. The van der Waals surface area contributed by atoms with Gasteiger partial charge in [-0.25, -0.2) is 0 Å². The van der Waals surface area contributed by atoms with Crippen LogP contribution in [-0.2, 0) is 0 Å². The Hall–Kier alpha value is -3.40. The zero-order valence-electron chi connectivity index (χ0n) is 13.1. The van der Waals surface area contributed by atoms with Gasteiger partial charge in [0.05, 0.1) is 22.7 Å². The minimum Gasteiger partial charge on any atom is -0.397 e. The first-order valence-corrected chi connectivity index (χ1v) is 7.59. The number of hydrogen-bond acceptors (Lipinski definition) is 4. The molecule has 0 aliphatic heterocycles. The molecule has 0 aliphatic carbocycles. The summed E-state index contributed by atoms with van der Waals surface area (Å²) in [7, 11) is 0. The Morgan fingerprint density at radius 2 is 0.917 bits per heavy atom. The molecule has 4 heteroatoms. The number of hydrogen-bond donors (Lipinski definition) is 2. The summed E-state index contributed by atoms with van der Waals surface area (Å²) >= 11 is 0. The molecule has 24 heavy (non-hydrogen) atoms. The molecule has 3 aromatic rings. The predicted molar refractivity (Wildman–Crippen MR) is 103 cm³/mol. The number of para-hydroxylation sites is 4. The molecule has 0 atom stereocenters. The minimum absolute atomic E-state index is 0.665. The van der Waals surface area contributed by atoms with Gasteiger partial charge in [-0.2, -0.15) is 0 Å². The van der Waals surface area contributed by atoms with Crippen molar-refractivity contribution in [3.63, 3.8) is 0 Å². The molecule has 3 aromatic carbocycles. The highest BCUT2D eigenvalue weighted by Gasteiger charge is 1.96. The van der Waals surface area contributed by atoms with Crippen molar-refractivity contribution in [3.05, 3.63) is 83.9 Å². The van der Waals surface area contributed by atoms with Crippen LogP contribution in [0.25, 0.3) is 0 Å². The maximum absolute atomic E-state index is 5.87. The van der Waals surface area contributed by atoms with Crippen molar-refractivity contribution in [2.45, 2.75) is 0 Å². The Morgan fingerprint density at radius 3 is 1.29 bits per heavy atom. The smallest absolute Gasteiger partial charge is 0.0859 e. The number of anilines is 2. The molecule has 118 valence electrons. The summed E-state index contributed by atoms with van der Waals surface area (Å²) in [6.07, 6.45) is 3.59. The lowest BCUT2D eigenvalue weighted by atomic mass is 10.1. The molecule has 4 N–H and O–H groups in total. The third-order valence-corrected chi connectivity index (χ3v) is 3.52. The summed E-state index contributed by atoms with van der Waals surface area (Å²) in [4.78, 5) is 8.82. The number of rotatable bonds is 4. The van der Waals surface area contributed by atoms with Crippen LogP contribution in [-0.4, -0.2) is 12.4 Å². The lowest BCUT2D eigenvalue weighted by molar-refractivity contribution is 1.51. The molecule has 0 fully saturated rings. The van der Waals surface area contributed by atoms with Crippen LogP contribution >= 0.6 is 0 Å². The van der Waals surface area contributed by atoms with E-state index in [4.69, 9.17) is 11.5 Å². The van der Waals surface area contributed by atoms with Crippen LogP contribution in [0.15, 0.2) is 82.8 Å². The summed E-state index contributed by atoms with van der Waals surface area (Å²) in [5, 5.41) is 0. The van der Waals surface area contributed by atoms with Crippen molar-refractivity contribution in [3.8, 4) is 0 Å². The highest BCUT2D eigenvalue weighted by atomic mass is 14.8. The lowest BCUT2D eigenvalue weighted by Crippen LogP contribution is -1.87. The number of nitrogens with zero attached hydrogens (tertiary/aromatic N) is 2. The lowest BCUT2D eigenvalue weighted by Gasteiger charge is -2.00. The second-order valence-electron chi connectivity index (χ2n) is 5.30. The van der Waals surface area contributed by atoms with Crippen LogP contribution in [0.3, 0.4) is 0 Å². The first-order chi connectivity index (χ1) is 11.7. The fraction of sp³-hybridized carbons (Fsp3) is 0. The van der Waals surface area contributed by atoms with Gasteiger partial charge in [-0.1, -0.05) is 48.5 Å². The van der Waals surface area contributed by atoms with E-state index in [2.05, 4.69) is 9.98 Å². The number of nitrogen functional groups attached to an aromatic ring is 2. The summed E-state index contributed by atoms with van der Waals surface area (Å²) in [5.74, 6) is 0. The molecule has 0 unspecified atom stereocenters. The van der Waals surface area contributed by atoms with Gasteiger partial charge in [0.25, 0.3) is 0 Å². The van der Waals surface area contributed by atoms with E-state index in [-0.39, 0.29) is 0 Å². The van der Waals surface area contributed by atoms with Gasteiger partial charge in [0, 0.05) is 12.4 Å². The third-order valence-electron chi connectivity index (χ3n) is 3.52. The molecule has 0 bridgehead atoms. The van der Waals surface area contributed by atoms with Gasteiger partial charge in [0.1, 0.15) is 0 Å². The topological polar surface area (TPSA) is 76.8 Å². The molecule has 0 amide bonds. The summed E-state index contributed by atoms with van der Waals surface area (Å²) < 4.78 is 0. The zero-order valence-corrected chi connectivity index (χ0v) is 13.1. The van der Waals surface area contributed by atoms with E-state index in [0.717, 1.165) is 22.5 Å². The first kappa shape index (κ1) is 15.5. The van der Waals surface area contributed by atoms with Gasteiger partial charge in [-0.3, -0.25) is 9.98 Å². The predicted octanol–water partition coefficient (Wildman–Crippen LogP) is 4.35. The molecule has 0 heterocycles. The van der Waals surface area contributed by atoms with Crippen molar-refractivity contribution >= 4 is 35.2 Å². The minimum atomic E-state index is 0.665. The molecule has 0 spiro atoms. The van der Waals surface area contributed by atoms with Crippen molar-refractivity contribution in [2.75, 3.05) is 11.5 Å². The van der Waals surface area contributed by atoms with E-state index in [1.807, 2.05) is 72.8 Å². The largest absolute Gasteiger partial charge is 0.397 e. The summed E-state index contributed by atoms with van der Waals surface area (Å²) in [6.45, 7) is 0. The standard InChI is InChI=1S/C20H18N4/c21-17-5-1-3-7-19(17)23-13-15-9-11-16(12-10-15)14-24-20-8-4-2-6-18(20)22/h1-14H,21-22H2. The maximum Gasteiger partial charge on any atom is 0.0859 e. The van der Waals surface area contributed by atoms with Gasteiger partial charge in [-0.05, 0) is 35.4 Å². The van der Waals surface area contributed by atoms with E-state index in [1.54, 1.807) is 12.4 Å². The third kappa shape index (κ3) is 3.87. The van der Waals surface area contributed by atoms with Crippen LogP contribution in [0.2, 0.25) is 0 Å². The Balaban J connectivity index is 1.72. The van der Waals surface area contributed by atoms with Gasteiger partial charge in [0.15, 0.2) is 0 Å². The van der Waals surface area contributed by atoms with E-state index in [0.29, 0.717) is 11.4 Å². The highest BCUT2D eigenvalue weighted by Crippen LogP contribution is 2.21. The Bertz CT molecular complexity index is 806. The second kappa shape index (κ2) is 7.24. The SMILES string of the molecule is Nc1ccccc1N=Cc1ccc(C=Nc2ccccc2N)cc1. The zero-order chi connectivity index (χ0) is 16.8. The summed E-state index contributed by atoms with van der Waals surface area (Å²) in [5.41, 5.74) is 16.6. The average Bonchev–Trinajstić information content (AvgIpc) is 2.61. The molecule has 3 rings (SSSR count). The Morgan fingerprint density at radius 1 is 0.542 bits per heavy atom. The first-order valence-electron chi connectivity index (χ1n) is 7.59. The second-order valence-corrected chi connectivity index (χ2v) is 5.30. The maximum atomic E-state index is 5.87. The van der Waals surface area contributed by atoms with Crippen LogP contribution < -0.4 is 11.5 Å². The molecule has 0 aliphatic rings. The van der Waals surface area contributed by atoms with E-state index < -0.39 is 0 Å². The normalized spacial score (nSPS) is 11.3. The van der Waals surface area contributed by atoms with E-state index >= 15 is 0 Å². The van der Waals surface area contributed by atoms with Crippen molar-refractivity contribution in [1.29, 1.82) is 0 Å². The fourth-order valence-corrected chi connectivity index (χ4v) is 2.17. The Labute approximate surface area is 141 Å². The Kier molecular flexibility index (Phi) is 4.68.